The monoisotopic (exact) mass is 649 g/mol. The van der Waals surface area contributed by atoms with Crippen molar-refractivity contribution in [2.75, 3.05) is 31.7 Å². The molecule has 1 aromatic carbocycles. The van der Waals surface area contributed by atoms with Gasteiger partial charge in [0.1, 0.15) is 28.0 Å². The number of benzene rings is 1. The zero-order valence-corrected chi connectivity index (χ0v) is 29.7. The number of anilines is 1. The number of amides is 2. The molecule has 0 fully saturated rings. The molecule has 0 aliphatic heterocycles. The van der Waals surface area contributed by atoms with E-state index in [1.807, 2.05) is 0 Å². The van der Waals surface area contributed by atoms with Crippen LogP contribution in [0.5, 0.6) is 0 Å². The van der Waals surface area contributed by atoms with Crippen LogP contribution in [0, 0.1) is 0 Å². The number of ether oxygens (including phenoxy) is 2. The zero-order valence-electron chi connectivity index (χ0n) is 27.1. The molecule has 0 saturated heterocycles. The van der Waals surface area contributed by atoms with Gasteiger partial charge in [0.25, 0.3) is 0 Å². The van der Waals surface area contributed by atoms with E-state index >= 15 is 0 Å². The number of fused-ring (bicyclic) bond motifs is 2. The van der Waals surface area contributed by atoms with Crippen LogP contribution in [0.2, 0.25) is 18.1 Å². The quantitative estimate of drug-likeness (QED) is 0.155. The molecule has 0 radical (unpaired) electrons. The van der Waals surface area contributed by atoms with Crippen molar-refractivity contribution < 1.29 is 23.6 Å². The maximum Gasteiger partial charge on any atom is 0.354 e. The number of nitrogens with zero attached hydrogens (tertiary/aromatic N) is 1. The molecule has 0 bridgehead atoms. The number of aryl methyl sites for hydroxylation is 2. The van der Waals surface area contributed by atoms with Gasteiger partial charge >= 0.3 is 6.03 Å². The van der Waals surface area contributed by atoms with E-state index in [1.165, 1.54) is 33.6 Å². The van der Waals surface area contributed by atoms with E-state index in [9.17, 15) is 14.1 Å². The van der Waals surface area contributed by atoms with Gasteiger partial charge in [-0.3, -0.25) is 0 Å². The first-order chi connectivity index (χ1) is 20.2. The number of carbonyl (C=O) groups excluding carboxylic acids is 1. The Bertz CT molecular complexity index is 1390. The highest BCUT2D eigenvalue weighted by Crippen LogP contribution is 2.40. The lowest BCUT2D eigenvalue weighted by Crippen LogP contribution is -2.54. The third-order valence-corrected chi connectivity index (χ3v) is 19.0. The maximum absolute atomic E-state index is 14.8. The molecular weight excluding hydrogens is 599 g/mol. The van der Waals surface area contributed by atoms with Gasteiger partial charge in [-0.05, 0) is 91.3 Å². The van der Waals surface area contributed by atoms with E-state index in [2.05, 4.69) is 60.9 Å². The fourth-order valence-corrected chi connectivity index (χ4v) is 12.6. The summed E-state index contributed by atoms with van der Waals surface area (Å²) in [6, 6.07) is 5.21. The van der Waals surface area contributed by atoms with E-state index in [0.29, 0.717) is 28.9 Å². The number of thiophene rings is 1. The third kappa shape index (κ3) is 8.17. The molecule has 8 nitrogen and oxygen atoms in total. The fourth-order valence-electron chi connectivity index (χ4n) is 5.40. The van der Waals surface area contributed by atoms with Gasteiger partial charge in [-0.2, -0.15) is 0 Å². The van der Waals surface area contributed by atoms with Crippen LogP contribution >= 0.6 is 11.3 Å². The number of rotatable bonds is 13. The molecule has 2 atom stereocenters. The number of nitrogens with one attached hydrogen (secondary N) is 2. The van der Waals surface area contributed by atoms with Crippen molar-refractivity contribution in [2.24, 2.45) is 4.36 Å². The molecular formula is C32H51N3O5S2Si. The lowest BCUT2D eigenvalue weighted by Gasteiger charge is -2.37. The van der Waals surface area contributed by atoms with Gasteiger partial charge in [-0.15, -0.1) is 15.7 Å². The van der Waals surface area contributed by atoms with Gasteiger partial charge in [0.2, 0.25) is 0 Å². The Hall–Kier alpha value is -1.60. The smallest absolute Gasteiger partial charge is 0.354 e. The Kier molecular flexibility index (Phi) is 11.0. The minimum atomic E-state index is -3.36. The molecule has 1 unspecified atom stereocenters. The van der Waals surface area contributed by atoms with Crippen LogP contribution in [0.25, 0.3) is 0 Å². The standard InChI is InChI=1S/C32H51N3O5S2Si/c1-8-9-18-39-19-20-40-22-32(5,37)27-16-17-28(41-27)42(38,35-43(6,7)31(2,3)4)34-30(36)33-29-25-14-10-12-23(25)21-24-13-11-15-26(24)29/h16-17,21,37H,8-15,18-20,22H2,1-7H3,(H2,33,34,35,36,38)/t32-,42?/m0/s1. The topological polar surface area (TPSA) is 109 Å². The third-order valence-electron chi connectivity index (χ3n) is 8.97. The minimum absolute atomic E-state index is 0.0722. The average Bonchev–Trinajstić information content (AvgIpc) is 3.68. The first-order valence-corrected chi connectivity index (χ1v) is 21.0. The average molecular weight is 650 g/mol. The Morgan fingerprint density at radius 3 is 2.26 bits per heavy atom. The Morgan fingerprint density at radius 2 is 1.65 bits per heavy atom. The number of aliphatic hydroxyl groups is 1. The highest BCUT2D eigenvalue weighted by atomic mass is 32.2. The predicted molar refractivity (Wildman–Crippen MR) is 179 cm³/mol. The van der Waals surface area contributed by atoms with Crippen molar-refractivity contribution in [3.63, 3.8) is 0 Å². The van der Waals surface area contributed by atoms with Crippen molar-refractivity contribution >= 4 is 41.2 Å². The van der Waals surface area contributed by atoms with Gasteiger partial charge in [0, 0.05) is 17.2 Å². The lowest BCUT2D eigenvalue weighted by atomic mass is 9.99. The van der Waals surface area contributed by atoms with Crippen LogP contribution in [0.15, 0.2) is 26.8 Å². The van der Waals surface area contributed by atoms with E-state index in [1.54, 1.807) is 19.1 Å². The molecule has 1 heterocycles. The summed E-state index contributed by atoms with van der Waals surface area (Å²) in [5, 5.41) is 14.2. The second kappa shape index (κ2) is 13.8. The number of hydrogen-bond acceptors (Lipinski definition) is 6. The summed E-state index contributed by atoms with van der Waals surface area (Å²) in [6.45, 7) is 16.0. The van der Waals surface area contributed by atoms with Crippen molar-refractivity contribution in [1.82, 2.24) is 4.39 Å². The number of hydrogen-bond donors (Lipinski definition) is 3. The van der Waals surface area contributed by atoms with E-state index in [4.69, 9.17) is 9.47 Å². The fraction of sp³-hybridized carbons (Fsp3) is 0.656. The number of unbranched alkanes of at least 4 members (excludes halogenated alkanes) is 1. The van der Waals surface area contributed by atoms with Gasteiger partial charge in [-0.25, -0.2) is 13.4 Å². The Labute approximate surface area is 263 Å². The van der Waals surface area contributed by atoms with Crippen LogP contribution in [0.1, 0.15) is 87.4 Å². The van der Waals surface area contributed by atoms with Crippen LogP contribution < -0.4 is 9.70 Å². The molecule has 0 saturated carbocycles. The largest absolute Gasteiger partial charge is 0.382 e. The zero-order chi connectivity index (χ0) is 31.5. The maximum atomic E-state index is 14.8. The van der Waals surface area contributed by atoms with Crippen molar-refractivity contribution in [1.29, 1.82) is 0 Å². The van der Waals surface area contributed by atoms with Crippen LogP contribution in [-0.2, 0) is 50.7 Å². The predicted octanol–water partition coefficient (Wildman–Crippen LogP) is 7.34. The van der Waals surface area contributed by atoms with Crippen LogP contribution in [0.4, 0.5) is 10.5 Å². The first kappa shape index (κ1) is 34.3. The van der Waals surface area contributed by atoms with Gasteiger partial charge in [0.15, 0.2) is 0 Å². The molecule has 2 aromatic rings. The van der Waals surface area contributed by atoms with Crippen molar-refractivity contribution in [3.8, 4) is 0 Å². The highest BCUT2D eigenvalue weighted by molar-refractivity contribution is 7.95. The Morgan fingerprint density at radius 1 is 1.02 bits per heavy atom. The molecule has 2 aliphatic carbocycles. The van der Waals surface area contributed by atoms with Crippen LogP contribution in [0.3, 0.4) is 0 Å². The summed E-state index contributed by atoms with van der Waals surface area (Å²) < 4.78 is 34.3. The number of urea groups is 1. The van der Waals surface area contributed by atoms with Crippen molar-refractivity contribution in [2.45, 2.75) is 114 Å². The first-order valence-electron chi connectivity index (χ1n) is 15.7. The molecule has 2 aliphatic rings. The molecule has 11 heteroatoms. The second-order valence-corrected chi connectivity index (χ2v) is 22.3. The summed E-state index contributed by atoms with van der Waals surface area (Å²) >= 11 is 1.21. The van der Waals surface area contributed by atoms with Gasteiger partial charge in [-0.1, -0.05) is 53.3 Å². The van der Waals surface area contributed by atoms with E-state index in [0.717, 1.165) is 57.1 Å². The van der Waals surface area contributed by atoms with Gasteiger partial charge < -0.3 is 19.9 Å². The minimum Gasteiger partial charge on any atom is -0.382 e. The SMILES string of the molecule is CCCCOCCOC[C@](C)(O)c1ccc(S(=O)(=NC(=O)Nc2c3c(cc4c2CCC4)CCC3)N[Si](C)(C)C(C)(C)C)s1. The highest BCUT2D eigenvalue weighted by Gasteiger charge is 2.40. The summed E-state index contributed by atoms with van der Waals surface area (Å²) in [7, 11) is -5.75. The molecule has 4 rings (SSSR count). The van der Waals surface area contributed by atoms with Crippen molar-refractivity contribution in [3.05, 3.63) is 45.3 Å². The summed E-state index contributed by atoms with van der Waals surface area (Å²) in [6.07, 6.45) is 8.17. The summed E-state index contributed by atoms with van der Waals surface area (Å²) in [5.41, 5.74) is 4.64. The molecule has 2 amide bonds. The number of carbonyl (C=O) groups is 1. The van der Waals surface area contributed by atoms with E-state index < -0.39 is 29.8 Å². The molecule has 1 aromatic heterocycles. The van der Waals surface area contributed by atoms with Crippen LogP contribution in [-0.4, -0.2) is 50.0 Å². The van der Waals surface area contributed by atoms with Gasteiger partial charge in [0.05, 0.1) is 19.8 Å². The molecule has 0 spiro atoms. The van der Waals surface area contributed by atoms with E-state index in [-0.39, 0.29) is 11.6 Å². The molecule has 43 heavy (non-hydrogen) atoms. The molecule has 240 valence electrons. The molecule has 3 N–H and O–H groups in total. The second-order valence-electron chi connectivity index (χ2n) is 13.7. The normalized spacial score (nSPS) is 17.7. The Balaban J connectivity index is 1.60. The summed E-state index contributed by atoms with van der Waals surface area (Å²) in [4.78, 5) is 14.3. The lowest BCUT2D eigenvalue weighted by molar-refractivity contribution is -0.0495. The summed E-state index contributed by atoms with van der Waals surface area (Å²) in [5.74, 6) is 0.